The SMILES string of the molecule is CC(C)N1C[C@@H](C(=O)N(C)Cc2nc3ccsc3c(=O)[nH]2)CC1=O. The van der Waals surface area contributed by atoms with Crippen LogP contribution in [0, 0.1) is 5.92 Å². The van der Waals surface area contributed by atoms with Crippen LogP contribution in [0.1, 0.15) is 26.1 Å². The summed E-state index contributed by atoms with van der Waals surface area (Å²) in [6.07, 6.45) is 0.245. The third-order valence-corrected chi connectivity index (χ3v) is 5.16. The monoisotopic (exact) mass is 348 g/mol. The molecule has 0 aliphatic carbocycles. The predicted octanol–water partition coefficient (Wildman–Crippen LogP) is 1.20. The molecule has 2 aromatic heterocycles. The maximum atomic E-state index is 12.6. The number of aromatic nitrogens is 2. The number of amides is 2. The van der Waals surface area contributed by atoms with Crippen LogP contribution < -0.4 is 5.56 Å². The van der Waals surface area contributed by atoms with Crippen molar-refractivity contribution in [1.29, 1.82) is 0 Å². The number of H-pyrrole nitrogens is 1. The smallest absolute Gasteiger partial charge is 0.268 e. The molecule has 1 atom stereocenters. The van der Waals surface area contributed by atoms with Gasteiger partial charge in [0.15, 0.2) is 0 Å². The fourth-order valence-corrected chi connectivity index (χ4v) is 3.73. The molecule has 1 fully saturated rings. The minimum absolute atomic E-state index is 0.0166. The first-order valence-electron chi connectivity index (χ1n) is 7.87. The second kappa shape index (κ2) is 6.35. The van der Waals surface area contributed by atoms with Crippen molar-refractivity contribution in [3.05, 3.63) is 27.6 Å². The Hall–Kier alpha value is -2.22. The number of aromatic amines is 1. The zero-order valence-corrected chi connectivity index (χ0v) is 14.7. The van der Waals surface area contributed by atoms with Crippen molar-refractivity contribution in [3.63, 3.8) is 0 Å². The summed E-state index contributed by atoms with van der Waals surface area (Å²) in [5.41, 5.74) is 0.453. The molecule has 3 heterocycles. The molecule has 1 N–H and O–H groups in total. The standard InChI is InChI=1S/C16H20N4O3S/c1-9(2)20-7-10(6-13(20)21)16(23)19(3)8-12-17-11-4-5-24-14(11)15(22)18-12/h4-5,9-10H,6-8H2,1-3H3,(H,17,18,22)/t10-/m0/s1. The molecular weight excluding hydrogens is 328 g/mol. The van der Waals surface area contributed by atoms with Crippen molar-refractivity contribution >= 4 is 33.4 Å². The van der Waals surface area contributed by atoms with Gasteiger partial charge in [0.05, 0.1) is 18.0 Å². The van der Waals surface area contributed by atoms with E-state index in [0.717, 1.165) is 0 Å². The molecule has 8 heteroatoms. The molecule has 7 nitrogen and oxygen atoms in total. The third kappa shape index (κ3) is 3.06. The summed E-state index contributed by atoms with van der Waals surface area (Å²) in [6, 6.07) is 1.89. The second-order valence-electron chi connectivity index (χ2n) is 6.38. The van der Waals surface area contributed by atoms with E-state index in [9.17, 15) is 14.4 Å². The Morgan fingerprint density at radius 3 is 2.92 bits per heavy atom. The molecule has 3 rings (SSSR count). The molecule has 0 aromatic carbocycles. The van der Waals surface area contributed by atoms with Crippen LogP contribution in [0.5, 0.6) is 0 Å². The summed E-state index contributed by atoms with van der Waals surface area (Å²) in [7, 11) is 1.67. The van der Waals surface area contributed by atoms with Crippen LogP contribution in [0.3, 0.4) is 0 Å². The number of hydrogen-bond donors (Lipinski definition) is 1. The molecule has 0 radical (unpaired) electrons. The van der Waals surface area contributed by atoms with E-state index >= 15 is 0 Å². The van der Waals surface area contributed by atoms with Crippen LogP contribution in [-0.2, 0) is 16.1 Å². The number of nitrogens with one attached hydrogen (secondary N) is 1. The highest BCUT2D eigenvalue weighted by atomic mass is 32.1. The van der Waals surface area contributed by atoms with E-state index in [2.05, 4.69) is 9.97 Å². The van der Waals surface area contributed by atoms with Crippen molar-refractivity contribution in [2.75, 3.05) is 13.6 Å². The quantitative estimate of drug-likeness (QED) is 0.899. The fraction of sp³-hybridized carbons (Fsp3) is 0.500. The van der Waals surface area contributed by atoms with Gasteiger partial charge in [-0.3, -0.25) is 14.4 Å². The van der Waals surface area contributed by atoms with Gasteiger partial charge >= 0.3 is 0 Å². The Morgan fingerprint density at radius 1 is 1.50 bits per heavy atom. The van der Waals surface area contributed by atoms with Crippen LogP contribution in [-0.4, -0.2) is 51.2 Å². The summed E-state index contributed by atoms with van der Waals surface area (Å²) in [4.78, 5) is 46.9. The van der Waals surface area contributed by atoms with Crippen LogP contribution in [0.25, 0.3) is 10.2 Å². The fourth-order valence-electron chi connectivity index (χ4n) is 3.01. The van der Waals surface area contributed by atoms with Crippen molar-refractivity contribution < 1.29 is 9.59 Å². The Kier molecular flexibility index (Phi) is 4.40. The summed E-state index contributed by atoms with van der Waals surface area (Å²) in [5.74, 6) is 0.0378. The first kappa shape index (κ1) is 16.6. The molecule has 0 spiro atoms. The van der Waals surface area contributed by atoms with Crippen molar-refractivity contribution in [1.82, 2.24) is 19.8 Å². The molecule has 1 saturated heterocycles. The van der Waals surface area contributed by atoms with Crippen molar-refractivity contribution in [2.45, 2.75) is 32.9 Å². The second-order valence-corrected chi connectivity index (χ2v) is 7.30. The minimum Gasteiger partial charge on any atom is -0.339 e. The normalized spacial score (nSPS) is 17.9. The van der Waals surface area contributed by atoms with E-state index in [0.29, 0.717) is 22.6 Å². The highest BCUT2D eigenvalue weighted by Gasteiger charge is 2.36. The Labute approximate surface area is 143 Å². The first-order valence-corrected chi connectivity index (χ1v) is 8.75. The van der Waals surface area contributed by atoms with E-state index in [1.54, 1.807) is 18.0 Å². The lowest BCUT2D eigenvalue weighted by atomic mass is 10.1. The van der Waals surface area contributed by atoms with E-state index < -0.39 is 0 Å². The Morgan fingerprint density at radius 2 is 2.25 bits per heavy atom. The van der Waals surface area contributed by atoms with Gasteiger partial charge in [-0.2, -0.15) is 0 Å². The van der Waals surface area contributed by atoms with Gasteiger partial charge in [0.1, 0.15) is 10.5 Å². The number of thiophene rings is 1. The molecule has 0 saturated carbocycles. The lowest BCUT2D eigenvalue weighted by Gasteiger charge is -2.23. The van der Waals surface area contributed by atoms with Gasteiger partial charge in [0.2, 0.25) is 11.8 Å². The van der Waals surface area contributed by atoms with Crippen molar-refractivity contribution in [2.24, 2.45) is 5.92 Å². The van der Waals surface area contributed by atoms with Gasteiger partial charge < -0.3 is 14.8 Å². The molecule has 128 valence electrons. The number of fused-ring (bicyclic) bond motifs is 1. The van der Waals surface area contributed by atoms with E-state index in [1.165, 1.54) is 16.2 Å². The van der Waals surface area contributed by atoms with Crippen LogP contribution in [0.4, 0.5) is 0 Å². The highest BCUT2D eigenvalue weighted by Crippen LogP contribution is 2.22. The van der Waals surface area contributed by atoms with Crippen molar-refractivity contribution in [3.8, 4) is 0 Å². The average molecular weight is 348 g/mol. The molecule has 1 aliphatic rings. The van der Waals surface area contributed by atoms with Crippen LogP contribution >= 0.6 is 11.3 Å². The van der Waals surface area contributed by atoms with E-state index in [4.69, 9.17) is 0 Å². The van der Waals surface area contributed by atoms with Gasteiger partial charge in [0.25, 0.3) is 5.56 Å². The third-order valence-electron chi connectivity index (χ3n) is 4.26. The molecule has 0 unspecified atom stereocenters. The molecular formula is C16H20N4O3S. The van der Waals surface area contributed by atoms with E-state index in [1.807, 2.05) is 19.2 Å². The summed E-state index contributed by atoms with van der Waals surface area (Å²) >= 11 is 1.34. The summed E-state index contributed by atoms with van der Waals surface area (Å²) < 4.78 is 0.585. The average Bonchev–Trinajstić information content (AvgIpc) is 3.13. The zero-order valence-electron chi connectivity index (χ0n) is 13.9. The van der Waals surface area contributed by atoms with Gasteiger partial charge in [-0.05, 0) is 25.3 Å². The maximum Gasteiger partial charge on any atom is 0.268 e. The number of nitrogens with zero attached hydrogens (tertiary/aromatic N) is 3. The molecule has 0 bridgehead atoms. The Balaban J connectivity index is 1.72. The van der Waals surface area contributed by atoms with Gasteiger partial charge in [0, 0.05) is 26.1 Å². The number of hydrogen-bond acceptors (Lipinski definition) is 5. The number of carbonyl (C=O) groups is 2. The largest absolute Gasteiger partial charge is 0.339 e. The van der Waals surface area contributed by atoms with Gasteiger partial charge in [-0.25, -0.2) is 4.98 Å². The highest BCUT2D eigenvalue weighted by molar-refractivity contribution is 7.17. The molecule has 2 aromatic rings. The topological polar surface area (TPSA) is 86.4 Å². The Bertz CT molecular complexity index is 841. The lowest BCUT2D eigenvalue weighted by Crippen LogP contribution is -2.36. The first-order chi connectivity index (χ1) is 11.4. The summed E-state index contributed by atoms with van der Waals surface area (Å²) in [5, 5.41) is 1.82. The zero-order chi connectivity index (χ0) is 17.4. The number of rotatable bonds is 4. The van der Waals surface area contributed by atoms with Gasteiger partial charge in [-0.15, -0.1) is 11.3 Å². The molecule has 1 aliphatic heterocycles. The predicted molar refractivity (Wildman–Crippen MR) is 91.7 cm³/mol. The van der Waals surface area contributed by atoms with E-state index in [-0.39, 0.29) is 42.3 Å². The lowest BCUT2D eigenvalue weighted by molar-refractivity contribution is -0.135. The molecule has 2 amide bonds. The maximum absolute atomic E-state index is 12.6. The summed E-state index contributed by atoms with van der Waals surface area (Å²) in [6.45, 7) is 4.55. The van der Waals surface area contributed by atoms with Crippen LogP contribution in [0.15, 0.2) is 16.2 Å². The number of likely N-dealkylation sites (tertiary alicyclic amines) is 1. The van der Waals surface area contributed by atoms with Crippen LogP contribution in [0.2, 0.25) is 0 Å². The molecule has 24 heavy (non-hydrogen) atoms. The minimum atomic E-state index is -0.332. The number of carbonyl (C=O) groups excluding carboxylic acids is 2. The van der Waals surface area contributed by atoms with Gasteiger partial charge in [-0.1, -0.05) is 0 Å².